The van der Waals surface area contributed by atoms with Gasteiger partial charge in [0.25, 0.3) is 0 Å². The number of benzene rings is 1. The van der Waals surface area contributed by atoms with Crippen LogP contribution in [0.15, 0.2) is 24.3 Å². The monoisotopic (exact) mass is 378 g/mol. The van der Waals surface area contributed by atoms with Gasteiger partial charge in [-0.3, -0.25) is 4.79 Å². The van der Waals surface area contributed by atoms with Crippen molar-refractivity contribution in [2.24, 2.45) is 5.92 Å². The Bertz CT molecular complexity index is 682. The molecule has 0 saturated carbocycles. The van der Waals surface area contributed by atoms with Crippen molar-refractivity contribution in [1.29, 1.82) is 0 Å². The Kier molecular flexibility index (Phi) is 6.50. The van der Waals surface area contributed by atoms with Gasteiger partial charge in [-0.25, -0.2) is 9.18 Å². The Morgan fingerprint density at radius 1 is 1.22 bits per heavy atom. The van der Waals surface area contributed by atoms with Crippen molar-refractivity contribution >= 4 is 12.0 Å². The van der Waals surface area contributed by atoms with Crippen LogP contribution in [0.5, 0.6) is 0 Å². The minimum atomic E-state index is -0.967. The van der Waals surface area contributed by atoms with E-state index in [-0.39, 0.29) is 23.7 Å². The van der Waals surface area contributed by atoms with Crippen molar-refractivity contribution in [2.45, 2.75) is 58.5 Å². The fourth-order valence-electron chi connectivity index (χ4n) is 3.27. The van der Waals surface area contributed by atoms with E-state index in [0.29, 0.717) is 25.2 Å². The number of nitrogens with zero attached hydrogens (tertiary/aromatic N) is 1. The van der Waals surface area contributed by atoms with Crippen LogP contribution in [0.25, 0.3) is 0 Å². The highest BCUT2D eigenvalue weighted by molar-refractivity contribution is 5.87. The first kappa shape index (κ1) is 21.2. The SMILES string of the molecule is CC(C)(C)OC(=O)N1CCCC(CNC(=O)C(C)(C)c2ccccc2F)C1. The van der Waals surface area contributed by atoms with Crippen LogP contribution in [0.2, 0.25) is 0 Å². The zero-order valence-corrected chi connectivity index (χ0v) is 17.0. The van der Waals surface area contributed by atoms with Crippen molar-refractivity contribution in [3.63, 3.8) is 0 Å². The molecule has 1 atom stereocenters. The second kappa shape index (κ2) is 8.28. The highest BCUT2D eigenvalue weighted by Crippen LogP contribution is 2.26. The molecule has 0 radical (unpaired) electrons. The molecule has 1 N–H and O–H groups in total. The number of ether oxygens (including phenoxy) is 1. The molecule has 0 aliphatic carbocycles. The maximum Gasteiger partial charge on any atom is 0.410 e. The molecule has 6 heteroatoms. The first-order valence-corrected chi connectivity index (χ1v) is 9.52. The average Bonchev–Trinajstić information content (AvgIpc) is 2.58. The lowest BCUT2D eigenvalue weighted by Crippen LogP contribution is -2.47. The van der Waals surface area contributed by atoms with Crippen LogP contribution >= 0.6 is 0 Å². The molecule has 0 bridgehead atoms. The third-order valence-electron chi connectivity index (χ3n) is 4.84. The molecule has 5 nitrogen and oxygen atoms in total. The summed E-state index contributed by atoms with van der Waals surface area (Å²) in [7, 11) is 0. The van der Waals surface area contributed by atoms with Crippen molar-refractivity contribution in [3.05, 3.63) is 35.6 Å². The van der Waals surface area contributed by atoms with Crippen LogP contribution in [0.3, 0.4) is 0 Å². The summed E-state index contributed by atoms with van der Waals surface area (Å²) in [5.74, 6) is -0.444. The quantitative estimate of drug-likeness (QED) is 0.865. The van der Waals surface area contributed by atoms with E-state index in [1.165, 1.54) is 6.07 Å². The molecule has 0 spiro atoms. The van der Waals surface area contributed by atoms with Gasteiger partial charge in [-0.05, 0) is 59.4 Å². The Balaban J connectivity index is 1.93. The maximum atomic E-state index is 14.1. The molecule has 1 aromatic rings. The lowest BCUT2D eigenvalue weighted by Gasteiger charge is -2.34. The molecule has 2 rings (SSSR count). The summed E-state index contributed by atoms with van der Waals surface area (Å²) in [6, 6.07) is 6.34. The summed E-state index contributed by atoms with van der Waals surface area (Å²) < 4.78 is 19.5. The van der Waals surface area contributed by atoms with Gasteiger partial charge < -0.3 is 15.0 Å². The Labute approximate surface area is 161 Å². The van der Waals surface area contributed by atoms with E-state index >= 15 is 0 Å². The topological polar surface area (TPSA) is 58.6 Å². The zero-order chi connectivity index (χ0) is 20.2. The Morgan fingerprint density at radius 3 is 2.52 bits per heavy atom. The minimum Gasteiger partial charge on any atom is -0.444 e. The van der Waals surface area contributed by atoms with Crippen LogP contribution in [0.1, 0.15) is 53.0 Å². The lowest BCUT2D eigenvalue weighted by atomic mass is 9.83. The number of carbonyl (C=O) groups excluding carboxylic acids is 2. The van der Waals surface area contributed by atoms with Crippen molar-refractivity contribution in [3.8, 4) is 0 Å². The number of amides is 2. The highest BCUT2D eigenvalue weighted by atomic mass is 19.1. The zero-order valence-electron chi connectivity index (χ0n) is 17.0. The number of rotatable bonds is 4. The maximum absolute atomic E-state index is 14.1. The van der Waals surface area contributed by atoms with Gasteiger partial charge in [0.15, 0.2) is 0 Å². The predicted molar refractivity (Wildman–Crippen MR) is 103 cm³/mol. The van der Waals surface area contributed by atoms with Crippen molar-refractivity contribution < 1.29 is 18.7 Å². The predicted octanol–water partition coefficient (Wildman–Crippen LogP) is 3.87. The van der Waals surface area contributed by atoms with Gasteiger partial charge in [-0.2, -0.15) is 0 Å². The van der Waals surface area contributed by atoms with Gasteiger partial charge >= 0.3 is 6.09 Å². The smallest absolute Gasteiger partial charge is 0.410 e. The molecule has 1 aliphatic rings. The molecule has 27 heavy (non-hydrogen) atoms. The van der Waals surface area contributed by atoms with E-state index in [4.69, 9.17) is 4.74 Å². The normalized spacial score (nSPS) is 18.1. The molecular weight excluding hydrogens is 347 g/mol. The summed E-state index contributed by atoms with van der Waals surface area (Å²) >= 11 is 0. The number of hydrogen-bond acceptors (Lipinski definition) is 3. The second-order valence-corrected chi connectivity index (χ2v) is 8.75. The number of hydrogen-bond donors (Lipinski definition) is 1. The summed E-state index contributed by atoms with van der Waals surface area (Å²) in [6.07, 6.45) is 1.49. The van der Waals surface area contributed by atoms with Crippen LogP contribution in [-0.2, 0) is 14.9 Å². The summed E-state index contributed by atoms with van der Waals surface area (Å²) in [5.41, 5.74) is -1.12. The van der Waals surface area contributed by atoms with Crippen molar-refractivity contribution in [1.82, 2.24) is 10.2 Å². The van der Waals surface area contributed by atoms with Crippen LogP contribution in [0.4, 0.5) is 9.18 Å². The summed E-state index contributed by atoms with van der Waals surface area (Å²) in [5, 5.41) is 2.94. The fraction of sp³-hybridized carbons (Fsp3) is 0.619. The standard InChI is InChI=1S/C21H31FN2O3/c1-20(2,3)27-19(26)24-12-8-9-15(14-24)13-23-18(25)21(4,5)16-10-6-7-11-17(16)22/h6-7,10-11,15H,8-9,12-14H2,1-5H3,(H,23,25). The van der Waals surface area contributed by atoms with E-state index in [1.807, 2.05) is 20.8 Å². The first-order chi connectivity index (χ1) is 12.5. The largest absolute Gasteiger partial charge is 0.444 e. The highest BCUT2D eigenvalue weighted by Gasteiger charge is 2.33. The van der Waals surface area contributed by atoms with E-state index in [2.05, 4.69) is 5.32 Å². The van der Waals surface area contributed by atoms with Gasteiger partial charge in [-0.1, -0.05) is 18.2 Å². The lowest BCUT2D eigenvalue weighted by molar-refractivity contribution is -0.126. The molecule has 1 aromatic carbocycles. The third-order valence-corrected chi connectivity index (χ3v) is 4.84. The molecular formula is C21H31FN2O3. The van der Waals surface area contributed by atoms with E-state index in [1.54, 1.807) is 36.9 Å². The van der Waals surface area contributed by atoms with Crippen LogP contribution < -0.4 is 5.32 Å². The van der Waals surface area contributed by atoms with Crippen LogP contribution in [-0.4, -0.2) is 42.1 Å². The molecule has 1 saturated heterocycles. The molecule has 2 amide bonds. The van der Waals surface area contributed by atoms with Gasteiger partial charge in [0.2, 0.25) is 5.91 Å². The van der Waals surface area contributed by atoms with E-state index < -0.39 is 11.0 Å². The molecule has 1 unspecified atom stereocenters. The average molecular weight is 378 g/mol. The van der Waals surface area contributed by atoms with Crippen LogP contribution in [0, 0.1) is 11.7 Å². The van der Waals surface area contributed by atoms with Gasteiger partial charge in [0.1, 0.15) is 11.4 Å². The first-order valence-electron chi connectivity index (χ1n) is 9.52. The number of nitrogens with one attached hydrogen (secondary N) is 1. The molecule has 1 heterocycles. The van der Waals surface area contributed by atoms with Gasteiger partial charge in [0, 0.05) is 25.2 Å². The minimum absolute atomic E-state index is 0.159. The number of halogens is 1. The summed E-state index contributed by atoms with van der Waals surface area (Å²) in [4.78, 5) is 26.6. The van der Waals surface area contributed by atoms with E-state index in [0.717, 1.165) is 12.8 Å². The third kappa shape index (κ3) is 5.68. The number of piperidine rings is 1. The van der Waals surface area contributed by atoms with Gasteiger partial charge in [0.05, 0.1) is 5.41 Å². The van der Waals surface area contributed by atoms with Crippen molar-refractivity contribution in [2.75, 3.05) is 19.6 Å². The van der Waals surface area contributed by atoms with Gasteiger partial charge in [-0.15, -0.1) is 0 Å². The second-order valence-electron chi connectivity index (χ2n) is 8.75. The number of carbonyl (C=O) groups is 2. The molecule has 1 aliphatic heterocycles. The molecule has 0 aromatic heterocycles. The number of likely N-dealkylation sites (tertiary alicyclic amines) is 1. The summed E-state index contributed by atoms with van der Waals surface area (Å²) in [6.45, 7) is 10.6. The molecule has 1 fully saturated rings. The fourth-order valence-corrected chi connectivity index (χ4v) is 3.27. The Morgan fingerprint density at radius 2 is 1.89 bits per heavy atom. The molecule has 150 valence electrons. The Hall–Kier alpha value is -2.11. The van der Waals surface area contributed by atoms with E-state index in [9.17, 15) is 14.0 Å².